The first-order valence-electron chi connectivity index (χ1n) is 11.1. The Morgan fingerprint density at radius 1 is 1.19 bits per heavy atom. The van der Waals surface area contributed by atoms with Crippen LogP contribution in [0.15, 0.2) is 42.9 Å². The van der Waals surface area contributed by atoms with Crippen LogP contribution in [0.25, 0.3) is 21.9 Å². The van der Waals surface area contributed by atoms with Crippen LogP contribution in [0.5, 0.6) is 0 Å². The minimum Gasteiger partial charge on any atom is -0.310 e. The highest BCUT2D eigenvalue weighted by molar-refractivity contribution is 5.94. The molecule has 1 aromatic carbocycles. The van der Waals surface area contributed by atoms with E-state index in [0.29, 0.717) is 23.8 Å². The topological polar surface area (TPSA) is 77.1 Å². The van der Waals surface area contributed by atoms with Crippen LogP contribution in [-0.4, -0.2) is 70.7 Å². The van der Waals surface area contributed by atoms with Crippen molar-refractivity contribution in [2.45, 2.75) is 31.7 Å². The van der Waals surface area contributed by atoms with Crippen molar-refractivity contribution in [3.05, 3.63) is 42.9 Å². The van der Waals surface area contributed by atoms with E-state index in [2.05, 4.69) is 56.5 Å². The number of carbonyl (C=O) groups is 1. The Morgan fingerprint density at radius 2 is 2.00 bits per heavy atom. The summed E-state index contributed by atoms with van der Waals surface area (Å²) in [6, 6.07) is 8.64. The fourth-order valence-corrected chi connectivity index (χ4v) is 5.09. The molecule has 1 saturated carbocycles. The van der Waals surface area contributed by atoms with Gasteiger partial charge in [-0.25, -0.2) is 4.98 Å². The zero-order valence-corrected chi connectivity index (χ0v) is 18.3. The van der Waals surface area contributed by atoms with Gasteiger partial charge < -0.3 is 10.2 Å². The number of anilines is 1. The molecule has 3 heterocycles. The molecular formula is C24H30N6O. The maximum atomic E-state index is 12.7. The summed E-state index contributed by atoms with van der Waals surface area (Å²) in [5, 5.41) is 11.9. The predicted octanol–water partition coefficient (Wildman–Crippen LogP) is 3.37. The van der Waals surface area contributed by atoms with Crippen molar-refractivity contribution in [1.82, 2.24) is 25.0 Å². The van der Waals surface area contributed by atoms with Gasteiger partial charge in [-0.2, -0.15) is 5.10 Å². The number of hydrogen-bond acceptors (Lipinski definition) is 5. The third-order valence-electron chi connectivity index (χ3n) is 7.22. The predicted molar refractivity (Wildman–Crippen MR) is 123 cm³/mol. The second-order valence-corrected chi connectivity index (χ2v) is 9.45. The Labute approximate surface area is 182 Å². The second kappa shape index (κ2) is 8.05. The molecular weight excluding hydrogens is 388 g/mol. The first kappa shape index (κ1) is 20.2. The van der Waals surface area contributed by atoms with E-state index in [1.165, 1.54) is 38.8 Å². The van der Waals surface area contributed by atoms with Gasteiger partial charge in [0.05, 0.1) is 12.7 Å². The molecule has 1 aliphatic heterocycles. The zero-order valence-electron chi connectivity index (χ0n) is 18.3. The Kier molecular flexibility index (Phi) is 5.24. The molecule has 1 aliphatic carbocycles. The smallest absolute Gasteiger partial charge is 0.239 e. The number of piperidine rings is 1. The zero-order chi connectivity index (χ0) is 21.4. The minimum absolute atomic E-state index is 0.00957. The quantitative estimate of drug-likeness (QED) is 0.664. The van der Waals surface area contributed by atoms with Crippen LogP contribution in [0.3, 0.4) is 0 Å². The fraction of sp³-hybridized carbons (Fsp3) is 0.458. The van der Waals surface area contributed by atoms with Gasteiger partial charge in [-0.3, -0.25) is 14.8 Å². The number of rotatable bonds is 5. The first-order valence-corrected chi connectivity index (χ1v) is 11.1. The number of aromatic amines is 1. The van der Waals surface area contributed by atoms with Crippen LogP contribution >= 0.6 is 0 Å². The van der Waals surface area contributed by atoms with Crippen molar-refractivity contribution in [3.8, 4) is 11.1 Å². The SMILES string of the molecule is CN1CCC2(CC1)CC(N(C)CC(=O)Nc1cc3cc(-c4cn[nH]c4)ccc3cn1)C2. The van der Waals surface area contributed by atoms with Gasteiger partial charge in [0, 0.05) is 29.4 Å². The molecule has 2 aliphatic rings. The average Bonchev–Trinajstić information content (AvgIpc) is 3.27. The number of nitrogens with zero attached hydrogens (tertiary/aromatic N) is 4. The van der Waals surface area contributed by atoms with Crippen molar-refractivity contribution in [3.63, 3.8) is 0 Å². The number of amides is 1. The van der Waals surface area contributed by atoms with E-state index < -0.39 is 0 Å². The molecule has 3 aromatic rings. The van der Waals surface area contributed by atoms with Crippen LogP contribution < -0.4 is 5.32 Å². The molecule has 2 fully saturated rings. The largest absolute Gasteiger partial charge is 0.310 e. The summed E-state index contributed by atoms with van der Waals surface area (Å²) in [7, 11) is 4.27. The summed E-state index contributed by atoms with van der Waals surface area (Å²) in [5.41, 5.74) is 2.64. The normalized spacial score (nSPS) is 19.1. The van der Waals surface area contributed by atoms with Gasteiger partial charge in [-0.15, -0.1) is 0 Å². The molecule has 2 N–H and O–H groups in total. The Hall–Kier alpha value is -2.77. The van der Waals surface area contributed by atoms with E-state index >= 15 is 0 Å². The molecule has 1 saturated heterocycles. The van der Waals surface area contributed by atoms with E-state index in [4.69, 9.17) is 0 Å². The summed E-state index contributed by atoms with van der Waals surface area (Å²) in [6.45, 7) is 2.80. The van der Waals surface area contributed by atoms with Gasteiger partial charge in [0.25, 0.3) is 0 Å². The lowest BCUT2D eigenvalue weighted by Crippen LogP contribution is -2.54. The van der Waals surface area contributed by atoms with E-state index in [1.54, 1.807) is 6.20 Å². The van der Waals surface area contributed by atoms with E-state index in [1.807, 2.05) is 24.5 Å². The monoisotopic (exact) mass is 418 g/mol. The number of hydrogen-bond donors (Lipinski definition) is 2. The van der Waals surface area contributed by atoms with Gasteiger partial charge >= 0.3 is 0 Å². The van der Waals surface area contributed by atoms with Gasteiger partial charge in [-0.05, 0) is 81.4 Å². The number of likely N-dealkylation sites (N-methyl/N-ethyl adjacent to an activating group) is 1. The minimum atomic E-state index is -0.00957. The molecule has 0 unspecified atom stereocenters. The third-order valence-corrected chi connectivity index (χ3v) is 7.22. The maximum Gasteiger partial charge on any atom is 0.239 e. The number of fused-ring (bicyclic) bond motifs is 1. The Bertz CT molecular complexity index is 1060. The van der Waals surface area contributed by atoms with E-state index in [-0.39, 0.29) is 5.91 Å². The van der Waals surface area contributed by atoms with Crippen LogP contribution in [0, 0.1) is 5.41 Å². The van der Waals surface area contributed by atoms with Gasteiger partial charge in [0.15, 0.2) is 0 Å². The molecule has 7 heteroatoms. The summed E-state index contributed by atoms with van der Waals surface area (Å²) in [4.78, 5) is 21.7. The van der Waals surface area contributed by atoms with E-state index in [9.17, 15) is 4.79 Å². The lowest BCUT2D eigenvalue weighted by molar-refractivity contribution is -0.119. The third kappa shape index (κ3) is 4.20. The van der Waals surface area contributed by atoms with Crippen LogP contribution in [0.1, 0.15) is 25.7 Å². The maximum absolute atomic E-state index is 12.7. The number of carbonyl (C=O) groups excluding carboxylic acids is 1. The van der Waals surface area contributed by atoms with Crippen molar-refractivity contribution >= 4 is 22.5 Å². The number of likely N-dealkylation sites (tertiary alicyclic amines) is 1. The van der Waals surface area contributed by atoms with Crippen molar-refractivity contribution in [2.24, 2.45) is 5.41 Å². The summed E-state index contributed by atoms with van der Waals surface area (Å²) in [6.07, 6.45) is 10.5. The Morgan fingerprint density at radius 3 is 2.74 bits per heavy atom. The molecule has 1 amide bonds. The van der Waals surface area contributed by atoms with Crippen LogP contribution in [-0.2, 0) is 4.79 Å². The highest BCUT2D eigenvalue weighted by atomic mass is 16.2. The Balaban J connectivity index is 1.19. The number of H-pyrrole nitrogens is 1. The van der Waals surface area contributed by atoms with Gasteiger partial charge in [-0.1, -0.05) is 12.1 Å². The van der Waals surface area contributed by atoms with Gasteiger partial charge in [0.1, 0.15) is 5.82 Å². The molecule has 162 valence electrons. The van der Waals surface area contributed by atoms with E-state index in [0.717, 1.165) is 21.9 Å². The van der Waals surface area contributed by atoms with Crippen LogP contribution in [0.4, 0.5) is 5.82 Å². The molecule has 1 spiro atoms. The highest BCUT2D eigenvalue weighted by Crippen LogP contribution is 2.50. The first-order chi connectivity index (χ1) is 15.0. The number of aromatic nitrogens is 3. The van der Waals surface area contributed by atoms with Crippen molar-refractivity contribution in [2.75, 3.05) is 39.0 Å². The summed E-state index contributed by atoms with van der Waals surface area (Å²) in [5.74, 6) is 0.584. The lowest BCUT2D eigenvalue weighted by atomic mass is 9.60. The van der Waals surface area contributed by atoms with Crippen molar-refractivity contribution in [1.29, 1.82) is 0 Å². The number of pyridine rings is 1. The van der Waals surface area contributed by atoms with Crippen LogP contribution in [0.2, 0.25) is 0 Å². The summed E-state index contributed by atoms with van der Waals surface area (Å²) < 4.78 is 0. The second-order valence-electron chi connectivity index (χ2n) is 9.45. The lowest BCUT2D eigenvalue weighted by Gasteiger charge is -2.54. The summed E-state index contributed by atoms with van der Waals surface area (Å²) >= 11 is 0. The molecule has 31 heavy (non-hydrogen) atoms. The molecule has 0 atom stereocenters. The molecule has 2 aromatic heterocycles. The van der Waals surface area contributed by atoms with Gasteiger partial charge in [0.2, 0.25) is 5.91 Å². The molecule has 0 radical (unpaired) electrons. The average molecular weight is 419 g/mol. The number of benzene rings is 1. The van der Waals surface area contributed by atoms with Crippen molar-refractivity contribution < 1.29 is 4.79 Å². The number of nitrogens with one attached hydrogen (secondary N) is 2. The highest BCUT2D eigenvalue weighted by Gasteiger charge is 2.46. The molecule has 0 bridgehead atoms. The molecule has 7 nitrogen and oxygen atoms in total. The standard InChI is InChI=1S/C24H30N6O/c1-29-7-5-24(6-8-29)11-21(12-24)30(2)16-23(31)28-22-10-19-9-17(20-14-26-27-15-20)3-4-18(19)13-25-22/h3-4,9-10,13-15,21H,5-8,11-12,16H2,1-2H3,(H,26,27)(H,25,28,31). The molecule has 5 rings (SSSR count). The fourth-order valence-electron chi connectivity index (χ4n) is 5.09.